The fourth-order valence-electron chi connectivity index (χ4n) is 2.72. The van der Waals surface area contributed by atoms with Crippen LogP contribution in [0.2, 0.25) is 5.02 Å². The van der Waals surface area contributed by atoms with E-state index >= 15 is 0 Å². The van der Waals surface area contributed by atoms with Gasteiger partial charge in [0, 0.05) is 17.4 Å². The molecule has 0 aliphatic carbocycles. The van der Waals surface area contributed by atoms with E-state index in [2.05, 4.69) is 10.3 Å². The third-order valence-corrected chi connectivity index (χ3v) is 4.39. The Morgan fingerprint density at radius 1 is 1.07 bits per heavy atom. The van der Waals surface area contributed by atoms with Crippen molar-refractivity contribution in [1.29, 1.82) is 0 Å². The molecule has 0 spiro atoms. The first-order valence-electron chi connectivity index (χ1n) is 8.72. The van der Waals surface area contributed by atoms with E-state index in [1.807, 2.05) is 18.2 Å². The molecule has 1 aliphatic heterocycles. The highest BCUT2D eigenvalue weighted by Gasteiger charge is 2.15. The van der Waals surface area contributed by atoms with E-state index in [1.165, 1.54) is 0 Å². The van der Waals surface area contributed by atoms with Crippen LogP contribution in [0.25, 0.3) is 0 Å². The second-order valence-corrected chi connectivity index (χ2v) is 6.47. The number of ether oxygens (including phenoxy) is 3. The number of fused-ring (bicyclic) bond motifs is 1. The summed E-state index contributed by atoms with van der Waals surface area (Å²) in [7, 11) is 0. The highest BCUT2D eigenvalue weighted by Crippen LogP contribution is 2.32. The molecule has 0 radical (unpaired) electrons. The summed E-state index contributed by atoms with van der Waals surface area (Å²) in [4.78, 5) is 16.7. The number of rotatable bonds is 5. The van der Waals surface area contributed by atoms with Crippen molar-refractivity contribution in [2.24, 2.45) is 0 Å². The fourth-order valence-corrected chi connectivity index (χ4v) is 2.95. The highest BCUT2D eigenvalue weighted by atomic mass is 35.5. The molecule has 6 nitrogen and oxygen atoms in total. The number of benzene rings is 2. The zero-order chi connectivity index (χ0) is 19.3. The molecule has 7 heteroatoms. The molecule has 4 rings (SSSR count). The summed E-state index contributed by atoms with van der Waals surface area (Å²) in [5.74, 6) is 1.45. The summed E-state index contributed by atoms with van der Waals surface area (Å²) >= 11 is 6.29. The molecular formula is C21H17ClN2O4. The molecule has 0 unspecified atom stereocenters. The molecule has 28 heavy (non-hydrogen) atoms. The van der Waals surface area contributed by atoms with Crippen LogP contribution in [0.5, 0.6) is 17.2 Å². The molecule has 2 aromatic carbocycles. The Bertz CT molecular complexity index is 995. The van der Waals surface area contributed by atoms with Gasteiger partial charge in [0.2, 0.25) is 0 Å². The first kappa shape index (κ1) is 18.1. The van der Waals surface area contributed by atoms with Gasteiger partial charge in [0.1, 0.15) is 25.6 Å². The van der Waals surface area contributed by atoms with Gasteiger partial charge in [0.25, 0.3) is 5.91 Å². The van der Waals surface area contributed by atoms with E-state index in [9.17, 15) is 4.79 Å². The SMILES string of the molecule is O=C(Nc1ccc(OCc2ccccn2)c(Cl)c1)c1ccc2c(c1)OCCO2. The Kier molecular flexibility index (Phi) is 5.30. The molecule has 1 amide bonds. The minimum atomic E-state index is -0.268. The highest BCUT2D eigenvalue weighted by molar-refractivity contribution is 6.32. The van der Waals surface area contributed by atoms with Gasteiger partial charge < -0.3 is 19.5 Å². The first-order valence-corrected chi connectivity index (χ1v) is 9.10. The quantitative estimate of drug-likeness (QED) is 0.694. The fraction of sp³-hybridized carbons (Fsp3) is 0.143. The lowest BCUT2D eigenvalue weighted by Gasteiger charge is -2.18. The molecule has 142 valence electrons. The van der Waals surface area contributed by atoms with E-state index in [4.69, 9.17) is 25.8 Å². The van der Waals surface area contributed by atoms with Crippen molar-refractivity contribution < 1.29 is 19.0 Å². The number of hydrogen-bond acceptors (Lipinski definition) is 5. The molecule has 2 heterocycles. The van der Waals surface area contributed by atoms with Crippen LogP contribution in [0.15, 0.2) is 60.8 Å². The topological polar surface area (TPSA) is 69.7 Å². The van der Waals surface area contributed by atoms with Gasteiger partial charge in [-0.3, -0.25) is 9.78 Å². The Labute approximate surface area is 167 Å². The third kappa shape index (κ3) is 4.18. The second kappa shape index (κ2) is 8.19. The number of hydrogen-bond donors (Lipinski definition) is 1. The Balaban J connectivity index is 1.42. The van der Waals surface area contributed by atoms with E-state index in [-0.39, 0.29) is 5.91 Å². The lowest BCUT2D eigenvalue weighted by Crippen LogP contribution is -2.17. The van der Waals surface area contributed by atoms with Crippen molar-refractivity contribution >= 4 is 23.2 Å². The minimum absolute atomic E-state index is 0.268. The van der Waals surface area contributed by atoms with Crippen molar-refractivity contribution in [3.8, 4) is 17.2 Å². The van der Waals surface area contributed by atoms with Crippen molar-refractivity contribution in [3.63, 3.8) is 0 Å². The van der Waals surface area contributed by atoms with Crippen LogP contribution in [-0.4, -0.2) is 24.1 Å². The number of pyridine rings is 1. The summed E-state index contributed by atoms with van der Waals surface area (Å²) < 4.78 is 16.7. The van der Waals surface area contributed by atoms with Crippen LogP contribution < -0.4 is 19.5 Å². The van der Waals surface area contributed by atoms with Gasteiger partial charge in [0.15, 0.2) is 11.5 Å². The zero-order valence-corrected chi connectivity index (χ0v) is 15.6. The average Bonchev–Trinajstić information content (AvgIpc) is 2.73. The number of nitrogens with zero attached hydrogens (tertiary/aromatic N) is 1. The summed E-state index contributed by atoms with van der Waals surface area (Å²) in [5.41, 5.74) is 1.83. The van der Waals surface area contributed by atoms with E-state index in [0.29, 0.717) is 53.3 Å². The maximum atomic E-state index is 12.5. The van der Waals surface area contributed by atoms with Gasteiger partial charge in [-0.15, -0.1) is 0 Å². The minimum Gasteiger partial charge on any atom is -0.486 e. The van der Waals surface area contributed by atoms with Gasteiger partial charge in [-0.05, 0) is 48.5 Å². The molecule has 0 saturated carbocycles. The van der Waals surface area contributed by atoms with E-state index in [0.717, 1.165) is 5.69 Å². The summed E-state index contributed by atoms with van der Waals surface area (Å²) in [6.07, 6.45) is 1.71. The molecule has 1 N–H and O–H groups in total. The van der Waals surface area contributed by atoms with Crippen LogP contribution in [-0.2, 0) is 6.61 Å². The first-order chi connectivity index (χ1) is 13.7. The molecule has 0 bridgehead atoms. The van der Waals surface area contributed by atoms with Crippen LogP contribution in [0, 0.1) is 0 Å². The van der Waals surface area contributed by atoms with Crippen molar-refractivity contribution in [1.82, 2.24) is 4.98 Å². The Hall–Kier alpha value is -3.25. The number of nitrogens with one attached hydrogen (secondary N) is 1. The second-order valence-electron chi connectivity index (χ2n) is 6.07. The number of amides is 1. The summed E-state index contributed by atoms with van der Waals surface area (Å²) in [5, 5.41) is 3.22. The largest absolute Gasteiger partial charge is 0.486 e. The number of carbonyl (C=O) groups is 1. The summed E-state index contributed by atoms with van der Waals surface area (Å²) in [6, 6.07) is 15.8. The van der Waals surface area contributed by atoms with Gasteiger partial charge >= 0.3 is 0 Å². The van der Waals surface area contributed by atoms with Crippen LogP contribution in [0.3, 0.4) is 0 Å². The number of anilines is 1. The predicted octanol–water partition coefficient (Wildman–Crippen LogP) is 4.34. The molecule has 0 atom stereocenters. The van der Waals surface area contributed by atoms with Crippen LogP contribution in [0.1, 0.15) is 16.1 Å². The van der Waals surface area contributed by atoms with E-state index < -0.39 is 0 Å². The smallest absolute Gasteiger partial charge is 0.255 e. The maximum Gasteiger partial charge on any atom is 0.255 e. The average molecular weight is 397 g/mol. The Morgan fingerprint density at radius 3 is 2.71 bits per heavy atom. The van der Waals surface area contributed by atoms with Gasteiger partial charge in [-0.25, -0.2) is 0 Å². The van der Waals surface area contributed by atoms with E-state index in [1.54, 1.807) is 42.6 Å². The van der Waals surface area contributed by atoms with Crippen molar-refractivity contribution in [2.75, 3.05) is 18.5 Å². The standard InChI is InChI=1S/C21H17ClN2O4/c22-17-12-15(5-7-18(17)28-13-16-3-1-2-8-23-16)24-21(25)14-4-6-19-20(11-14)27-10-9-26-19/h1-8,11-12H,9-10,13H2,(H,24,25). The third-order valence-electron chi connectivity index (χ3n) is 4.10. The predicted molar refractivity (Wildman–Crippen MR) is 105 cm³/mol. The molecular weight excluding hydrogens is 380 g/mol. The van der Waals surface area contributed by atoms with Crippen molar-refractivity contribution in [3.05, 3.63) is 77.1 Å². The van der Waals surface area contributed by atoms with Crippen LogP contribution in [0.4, 0.5) is 5.69 Å². The number of halogens is 1. The number of aromatic nitrogens is 1. The molecule has 1 aromatic heterocycles. The van der Waals surface area contributed by atoms with Gasteiger partial charge in [0.05, 0.1) is 10.7 Å². The lowest BCUT2D eigenvalue weighted by atomic mass is 10.1. The zero-order valence-electron chi connectivity index (χ0n) is 14.9. The monoisotopic (exact) mass is 396 g/mol. The molecule has 0 saturated heterocycles. The van der Waals surface area contributed by atoms with Crippen LogP contribution >= 0.6 is 11.6 Å². The lowest BCUT2D eigenvalue weighted by molar-refractivity contribution is 0.102. The normalized spacial score (nSPS) is 12.3. The molecule has 3 aromatic rings. The Morgan fingerprint density at radius 2 is 1.93 bits per heavy atom. The maximum absolute atomic E-state index is 12.5. The number of carbonyl (C=O) groups excluding carboxylic acids is 1. The summed E-state index contributed by atoms with van der Waals surface area (Å²) in [6.45, 7) is 1.28. The molecule has 1 aliphatic rings. The van der Waals surface area contributed by atoms with Gasteiger partial charge in [-0.2, -0.15) is 0 Å². The molecule has 0 fully saturated rings. The van der Waals surface area contributed by atoms with Gasteiger partial charge in [-0.1, -0.05) is 17.7 Å². The van der Waals surface area contributed by atoms with Crippen molar-refractivity contribution in [2.45, 2.75) is 6.61 Å².